The maximum Gasteiger partial charge on any atom is 0.255 e. The summed E-state index contributed by atoms with van der Waals surface area (Å²) in [6, 6.07) is 3.39. The predicted molar refractivity (Wildman–Crippen MR) is 70.0 cm³/mol. The Hall–Kier alpha value is -1.22. The molecule has 0 radical (unpaired) electrons. The number of carbonyl (C=O) groups excluding carboxylic acids is 1. The number of hydrogen-bond donors (Lipinski definition) is 1. The fourth-order valence-corrected chi connectivity index (χ4v) is 1.85. The van der Waals surface area contributed by atoms with Gasteiger partial charge in [-0.15, -0.1) is 0 Å². The second-order valence-electron chi connectivity index (χ2n) is 5.01. The number of halogens is 1. The molecule has 0 aliphatic heterocycles. The average Bonchev–Trinajstić information content (AvgIpc) is 2.13. The van der Waals surface area contributed by atoms with Crippen LogP contribution in [-0.2, 0) is 0 Å². The molecular weight excluding hydrogens is 238 g/mol. The molecule has 0 aliphatic rings. The van der Waals surface area contributed by atoms with Gasteiger partial charge in [-0.3, -0.25) is 4.79 Å². The molecular formula is C13H18ClNO2. The largest absolute Gasteiger partial charge is 0.496 e. The quantitative estimate of drug-likeness (QED) is 0.882. The highest BCUT2D eigenvalue weighted by molar-refractivity contribution is 6.31. The van der Waals surface area contributed by atoms with Gasteiger partial charge < -0.3 is 10.1 Å². The van der Waals surface area contributed by atoms with Crippen LogP contribution >= 0.6 is 11.6 Å². The molecule has 0 atom stereocenters. The molecule has 1 rings (SSSR count). The van der Waals surface area contributed by atoms with Crippen LogP contribution in [0, 0.1) is 6.92 Å². The molecule has 1 aromatic rings. The van der Waals surface area contributed by atoms with Gasteiger partial charge in [0.2, 0.25) is 0 Å². The van der Waals surface area contributed by atoms with Gasteiger partial charge in [-0.05, 0) is 45.4 Å². The molecule has 4 heteroatoms. The lowest BCUT2D eigenvalue weighted by Gasteiger charge is -2.21. The van der Waals surface area contributed by atoms with Crippen LogP contribution in [-0.4, -0.2) is 18.6 Å². The molecule has 3 nitrogen and oxygen atoms in total. The third kappa shape index (κ3) is 3.63. The zero-order valence-electron chi connectivity index (χ0n) is 10.8. The summed E-state index contributed by atoms with van der Waals surface area (Å²) < 4.78 is 5.25. The van der Waals surface area contributed by atoms with Gasteiger partial charge in [-0.2, -0.15) is 0 Å². The Morgan fingerprint density at radius 2 is 1.94 bits per heavy atom. The van der Waals surface area contributed by atoms with Crippen molar-refractivity contribution in [1.82, 2.24) is 5.32 Å². The van der Waals surface area contributed by atoms with Crippen molar-refractivity contribution in [3.8, 4) is 5.75 Å². The number of amides is 1. The summed E-state index contributed by atoms with van der Waals surface area (Å²) in [6.45, 7) is 7.64. The first kappa shape index (κ1) is 13.8. The molecule has 1 N–H and O–H groups in total. The first-order valence-corrected chi connectivity index (χ1v) is 5.79. The minimum Gasteiger partial charge on any atom is -0.496 e. The van der Waals surface area contributed by atoms with E-state index in [1.807, 2.05) is 27.7 Å². The van der Waals surface area contributed by atoms with Crippen molar-refractivity contribution in [2.24, 2.45) is 0 Å². The van der Waals surface area contributed by atoms with Crippen LogP contribution in [0.25, 0.3) is 0 Å². The first-order valence-electron chi connectivity index (χ1n) is 5.41. The van der Waals surface area contributed by atoms with Crippen LogP contribution in [0.4, 0.5) is 0 Å². The van der Waals surface area contributed by atoms with E-state index in [9.17, 15) is 4.79 Å². The molecule has 0 aliphatic carbocycles. The molecule has 0 unspecified atom stereocenters. The van der Waals surface area contributed by atoms with Gasteiger partial charge in [-0.1, -0.05) is 11.6 Å². The van der Waals surface area contributed by atoms with Gasteiger partial charge >= 0.3 is 0 Å². The van der Waals surface area contributed by atoms with E-state index in [0.717, 1.165) is 5.56 Å². The Labute approximate surface area is 107 Å². The lowest BCUT2D eigenvalue weighted by Crippen LogP contribution is -2.40. The minimum atomic E-state index is -0.293. The molecule has 94 valence electrons. The van der Waals surface area contributed by atoms with E-state index in [-0.39, 0.29) is 11.4 Å². The van der Waals surface area contributed by atoms with Crippen molar-refractivity contribution in [2.75, 3.05) is 7.11 Å². The highest BCUT2D eigenvalue weighted by atomic mass is 35.5. The third-order valence-electron chi connectivity index (χ3n) is 2.18. The SMILES string of the molecule is COc1c(C)cc(Cl)cc1C(=O)NC(C)(C)C. The highest BCUT2D eigenvalue weighted by Crippen LogP contribution is 2.27. The normalized spacial score (nSPS) is 11.2. The standard InChI is InChI=1S/C13H18ClNO2/c1-8-6-9(14)7-10(11(8)17-5)12(16)15-13(2,3)4/h6-7H,1-5H3,(H,15,16). The summed E-state index contributed by atoms with van der Waals surface area (Å²) in [6.07, 6.45) is 0. The Morgan fingerprint density at radius 3 is 2.41 bits per heavy atom. The van der Waals surface area contributed by atoms with Crippen molar-refractivity contribution in [3.63, 3.8) is 0 Å². The van der Waals surface area contributed by atoms with Crippen LogP contribution in [0.15, 0.2) is 12.1 Å². The van der Waals surface area contributed by atoms with Crippen LogP contribution in [0.3, 0.4) is 0 Å². The molecule has 0 saturated carbocycles. The van der Waals surface area contributed by atoms with Crippen LogP contribution in [0.1, 0.15) is 36.7 Å². The molecule has 1 amide bonds. The average molecular weight is 256 g/mol. The number of carbonyl (C=O) groups is 1. The van der Waals surface area contributed by atoms with Crippen molar-refractivity contribution >= 4 is 17.5 Å². The van der Waals surface area contributed by atoms with Gasteiger partial charge in [-0.25, -0.2) is 0 Å². The summed E-state index contributed by atoms with van der Waals surface area (Å²) in [5.41, 5.74) is 1.02. The topological polar surface area (TPSA) is 38.3 Å². The zero-order valence-corrected chi connectivity index (χ0v) is 11.6. The molecule has 17 heavy (non-hydrogen) atoms. The first-order chi connectivity index (χ1) is 7.74. The van der Waals surface area contributed by atoms with Gasteiger partial charge in [0, 0.05) is 10.6 Å². The summed E-state index contributed by atoms with van der Waals surface area (Å²) in [5, 5.41) is 3.42. The fraction of sp³-hybridized carbons (Fsp3) is 0.462. The number of ether oxygens (including phenoxy) is 1. The second-order valence-corrected chi connectivity index (χ2v) is 5.44. The van der Waals surface area contributed by atoms with Crippen molar-refractivity contribution in [3.05, 3.63) is 28.3 Å². The Morgan fingerprint density at radius 1 is 1.35 bits per heavy atom. The number of hydrogen-bond acceptors (Lipinski definition) is 2. The van der Waals surface area contributed by atoms with Gasteiger partial charge in [0.1, 0.15) is 5.75 Å². The van der Waals surface area contributed by atoms with E-state index in [0.29, 0.717) is 16.3 Å². The van der Waals surface area contributed by atoms with Crippen LogP contribution < -0.4 is 10.1 Å². The van der Waals surface area contributed by atoms with Crippen LogP contribution in [0.5, 0.6) is 5.75 Å². The smallest absolute Gasteiger partial charge is 0.255 e. The molecule has 1 aromatic carbocycles. The van der Waals surface area contributed by atoms with Gasteiger partial charge in [0.05, 0.1) is 12.7 Å². The maximum absolute atomic E-state index is 12.1. The maximum atomic E-state index is 12.1. The van der Waals surface area contributed by atoms with Crippen molar-refractivity contribution < 1.29 is 9.53 Å². The Balaban J connectivity index is 3.16. The highest BCUT2D eigenvalue weighted by Gasteiger charge is 2.20. The second kappa shape index (κ2) is 4.96. The number of methoxy groups -OCH3 is 1. The molecule has 0 saturated heterocycles. The van der Waals surface area contributed by atoms with E-state index in [4.69, 9.17) is 16.3 Å². The van der Waals surface area contributed by atoms with E-state index in [1.165, 1.54) is 0 Å². The number of rotatable bonds is 2. The van der Waals surface area contributed by atoms with Crippen molar-refractivity contribution in [1.29, 1.82) is 0 Å². The molecule has 0 spiro atoms. The number of aryl methyl sites for hydroxylation is 1. The predicted octanol–water partition coefficient (Wildman–Crippen LogP) is 3.19. The molecule has 0 heterocycles. The lowest BCUT2D eigenvalue weighted by atomic mass is 10.1. The number of benzene rings is 1. The summed E-state index contributed by atoms with van der Waals surface area (Å²) >= 11 is 5.96. The minimum absolute atomic E-state index is 0.181. The van der Waals surface area contributed by atoms with Crippen molar-refractivity contribution in [2.45, 2.75) is 33.2 Å². The molecule has 0 bridgehead atoms. The fourth-order valence-electron chi connectivity index (χ4n) is 1.58. The Bertz CT molecular complexity index is 436. The van der Waals surface area contributed by atoms with E-state index in [2.05, 4.69) is 5.32 Å². The summed E-state index contributed by atoms with van der Waals surface area (Å²) in [7, 11) is 1.55. The van der Waals surface area contributed by atoms with Gasteiger partial charge in [0.25, 0.3) is 5.91 Å². The lowest BCUT2D eigenvalue weighted by molar-refractivity contribution is 0.0916. The van der Waals surface area contributed by atoms with Crippen LogP contribution in [0.2, 0.25) is 5.02 Å². The van der Waals surface area contributed by atoms with E-state index >= 15 is 0 Å². The van der Waals surface area contributed by atoms with E-state index in [1.54, 1.807) is 19.2 Å². The number of nitrogens with one attached hydrogen (secondary N) is 1. The summed E-state index contributed by atoms with van der Waals surface area (Å²) in [5.74, 6) is 0.385. The molecule has 0 aromatic heterocycles. The monoisotopic (exact) mass is 255 g/mol. The van der Waals surface area contributed by atoms with E-state index < -0.39 is 0 Å². The summed E-state index contributed by atoms with van der Waals surface area (Å²) in [4.78, 5) is 12.1. The third-order valence-corrected chi connectivity index (χ3v) is 2.39. The zero-order chi connectivity index (χ0) is 13.2. The van der Waals surface area contributed by atoms with Gasteiger partial charge in [0.15, 0.2) is 0 Å². The Kier molecular flexibility index (Phi) is 4.04. The molecule has 0 fully saturated rings.